The lowest BCUT2D eigenvalue weighted by Crippen LogP contribution is -2.31. The smallest absolute Gasteiger partial charge is 0.127 e. The first-order chi connectivity index (χ1) is 7.77. The highest BCUT2D eigenvalue weighted by Gasteiger charge is 2.14. The van der Waals surface area contributed by atoms with Crippen molar-refractivity contribution in [3.63, 3.8) is 0 Å². The number of nitrogens with one attached hydrogen (secondary N) is 2. The molecule has 1 unspecified atom stereocenters. The van der Waals surface area contributed by atoms with E-state index >= 15 is 0 Å². The first-order valence-corrected chi connectivity index (χ1v) is 5.72. The van der Waals surface area contributed by atoms with Crippen molar-refractivity contribution in [2.24, 2.45) is 4.99 Å². The molecule has 0 aromatic rings. The number of hydrogen-bond acceptors (Lipinski definition) is 4. The highest BCUT2D eigenvalue weighted by atomic mass is 35.5. The molecule has 0 saturated carbocycles. The molecule has 16 heavy (non-hydrogen) atoms. The average molecular weight is 240 g/mol. The van der Waals surface area contributed by atoms with Gasteiger partial charge in [-0.2, -0.15) is 0 Å². The number of halogens is 1. The first-order valence-electron chi connectivity index (χ1n) is 5.34. The fraction of sp³-hybridized carbons (Fsp3) is 0.455. The Balaban J connectivity index is 1.94. The van der Waals surface area contributed by atoms with Crippen LogP contribution in [-0.4, -0.2) is 24.8 Å². The summed E-state index contributed by atoms with van der Waals surface area (Å²) < 4.78 is 5.51. The molecule has 0 radical (unpaired) electrons. The summed E-state index contributed by atoms with van der Waals surface area (Å²) >= 11 is 5.83. The fourth-order valence-corrected chi connectivity index (χ4v) is 1.76. The van der Waals surface area contributed by atoms with Crippen molar-refractivity contribution in [1.82, 2.24) is 5.32 Å². The molecule has 1 atom stereocenters. The molecule has 0 aliphatic carbocycles. The second kappa shape index (κ2) is 5.27. The lowest BCUT2D eigenvalue weighted by atomic mass is 10.2. The number of dihydropyridines is 1. The van der Waals surface area contributed by atoms with Gasteiger partial charge in [-0.25, -0.2) is 0 Å². The van der Waals surface area contributed by atoms with Gasteiger partial charge < -0.3 is 10.1 Å². The molecule has 0 amide bonds. The fourth-order valence-electron chi connectivity index (χ4n) is 1.61. The minimum Gasteiger partial charge on any atom is -0.364 e. The van der Waals surface area contributed by atoms with Gasteiger partial charge in [-0.05, 0) is 25.3 Å². The van der Waals surface area contributed by atoms with E-state index in [4.69, 9.17) is 21.7 Å². The van der Waals surface area contributed by atoms with E-state index in [-0.39, 0.29) is 11.9 Å². The number of aliphatic imine (C=N–C) groups is 1. The summed E-state index contributed by atoms with van der Waals surface area (Å²) in [5.74, 6) is 0. The molecule has 1 fully saturated rings. The molecule has 1 saturated heterocycles. The maximum absolute atomic E-state index is 7.71. The van der Waals surface area contributed by atoms with Gasteiger partial charge >= 0.3 is 0 Å². The molecule has 2 aliphatic rings. The summed E-state index contributed by atoms with van der Waals surface area (Å²) in [5, 5.41) is 11.2. The zero-order chi connectivity index (χ0) is 11.4. The molecule has 0 aromatic carbocycles. The van der Waals surface area contributed by atoms with E-state index in [0.29, 0.717) is 10.7 Å². The Bertz CT molecular complexity index is 367. The van der Waals surface area contributed by atoms with Crippen molar-refractivity contribution in [2.45, 2.75) is 25.5 Å². The van der Waals surface area contributed by atoms with Gasteiger partial charge in [-0.1, -0.05) is 11.6 Å². The van der Waals surface area contributed by atoms with Crippen LogP contribution in [0.4, 0.5) is 0 Å². The number of ether oxygens (including phenoxy) is 1. The Hall–Kier alpha value is -1.13. The largest absolute Gasteiger partial charge is 0.364 e. The van der Waals surface area contributed by atoms with Gasteiger partial charge in [0.2, 0.25) is 0 Å². The SMILES string of the molecule is N=C1C(Cl)=CC=N/C1=C/NC1CCCCO1. The molecule has 2 rings (SSSR count). The normalized spacial score (nSPS) is 28.1. The molecule has 2 heterocycles. The van der Waals surface area contributed by atoms with Gasteiger partial charge in [0, 0.05) is 19.0 Å². The summed E-state index contributed by atoms with van der Waals surface area (Å²) in [6.07, 6.45) is 8.22. The molecule has 0 bridgehead atoms. The zero-order valence-corrected chi connectivity index (χ0v) is 9.63. The minimum absolute atomic E-state index is 0.0360. The number of nitrogens with zero attached hydrogens (tertiary/aromatic N) is 1. The van der Waals surface area contributed by atoms with E-state index in [0.717, 1.165) is 19.4 Å². The second-order valence-electron chi connectivity index (χ2n) is 3.72. The molecule has 5 heteroatoms. The Morgan fingerprint density at radius 3 is 3.19 bits per heavy atom. The molecular formula is C11H14ClN3O. The zero-order valence-electron chi connectivity index (χ0n) is 8.87. The van der Waals surface area contributed by atoms with Crippen LogP contribution >= 0.6 is 11.6 Å². The molecule has 2 N–H and O–H groups in total. The summed E-state index contributed by atoms with van der Waals surface area (Å²) in [6.45, 7) is 0.794. The molecule has 0 aromatic heterocycles. The summed E-state index contributed by atoms with van der Waals surface area (Å²) in [5.41, 5.74) is 0.786. The van der Waals surface area contributed by atoms with Crippen molar-refractivity contribution in [1.29, 1.82) is 5.41 Å². The van der Waals surface area contributed by atoms with Crippen LogP contribution in [0.5, 0.6) is 0 Å². The van der Waals surface area contributed by atoms with E-state index < -0.39 is 0 Å². The van der Waals surface area contributed by atoms with Crippen LogP contribution in [0.1, 0.15) is 19.3 Å². The molecule has 2 aliphatic heterocycles. The van der Waals surface area contributed by atoms with E-state index in [1.165, 1.54) is 6.42 Å². The van der Waals surface area contributed by atoms with Crippen LogP contribution in [0.3, 0.4) is 0 Å². The van der Waals surface area contributed by atoms with Gasteiger partial charge in [0.1, 0.15) is 11.9 Å². The lowest BCUT2D eigenvalue weighted by Gasteiger charge is -2.23. The van der Waals surface area contributed by atoms with Crippen molar-refractivity contribution < 1.29 is 4.74 Å². The maximum atomic E-state index is 7.71. The maximum Gasteiger partial charge on any atom is 0.127 e. The molecule has 86 valence electrons. The summed E-state index contributed by atoms with van der Waals surface area (Å²) in [7, 11) is 0. The minimum atomic E-state index is 0.0360. The topological polar surface area (TPSA) is 57.5 Å². The monoisotopic (exact) mass is 239 g/mol. The second-order valence-corrected chi connectivity index (χ2v) is 4.13. The van der Waals surface area contributed by atoms with Gasteiger partial charge in [0.25, 0.3) is 0 Å². The number of allylic oxidation sites excluding steroid dienone is 2. The molecule has 4 nitrogen and oxygen atoms in total. The van der Waals surface area contributed by atoms with E-state index in [1.54, 1.807) is 18.5 Å². The third-order valence-corrected chi connectivity index (χ3v) is 2.83. The summed E-state index contributed by atoms with van der Waals surface area (Å²) in [4.78, 5) is 4.08. The van der Waals surface area contributed by atoms with Gasteiger partial charge in [0.05, 0.1) is 10.7 Å². The van der Waals surface area contributed by atoms with Crippen LogP contribution in [-0.2, 0) is 4.74 Å². The highest BCUT2D eigenvalue weighted by molar-refractivity contribution is 6.47. The van der Waals surface area contributed by atoms with Crippen molar-refractivity contribution in [2.75, 3.05) is 6.61 Å². The Morgan fingerprint density at radius 1 is 1.56 bits per heavy atom. The van der Waals surface area contributed by atoms with Crippen molar-refractivity contribution in [3.8, 4) is 0 Å². The predicted octanol–water partition coefficient (Wildman–Crippen LogP) is 2.17. The number of rotatable bonds is 2. The van der Waals surface area contributed by atoms with Gasteiger partial charge in [-0.15, -0.1) is 0 Å². The number of hydrogen-bond donors (Lipinski definition) is 2. The van der Waals surface area contributed by atoms with E-state index in [9.17, 15) is 0 Å². The highest BCUT2D eigenvalue weighted by Crippen LogP contribution is 2.15. The Labute approximate surface area is 99.5 Å². The molecular weight excluding hydrogens is 226 g/mol. The summed E-state index contributed by atoms with van der Waals surface area (Å²) in [6, 6.07) is 0. The van der Waals surface area contributed by atoms with Gasteiger partial charge in [-0.3, -0.25) is 10.4 Å². The third-order valence-electron chi connectivity index (χ3n) is 2.52. The Kier molecular flexibility index (Phi) is 3.74. The first kappa shape index (κ1) is 11.4. The van der Waals surface area contributed by atoms with Crippen LogP contribution < -0.4 is 5.32 Å². The van der Waals surface area contributed by atoms with Crippen molar-refractivity contribution in [3.05, 3.63) is 23.0 Å². The lowest BCUT2D eigenvalue weighted by molar-refractivity contribution is 0.00327. The predicted molar refractivity (Wildman–Crippen MR) is 65.0 cm³/mol. The average Bonchev–Trinajstić information content (AvgIpc) is 2.32. The molecule has 0 spiro atoms. The van der Waals surface area contributed by atoms with Crippen molar-refractivity contribution >= 4 is 23.5 Å². The Morgan fingerprint density at radius 2 is 2.44 bits per heavy atom. The standard InChI is InChI=1S/C11H14ClN3O/c12-8-4-5-14-9(11(8)13)7-15-10-3-1-2-6-16-10/h4-5,7,10,13,15H,1-3,6H2/b9-7+,13-11?. The van der Waals surface area contributed by atoms with Crippen LogP contribution in [0, 0.1) is 5.41 Å². The van der Waals surface area contributed by atoms with E-state index in [1.807, 2.05) is 0 Å². The van der Waals surface area contributed by atoms with Crippen LogP contribution in [0.2, 0.25) is 0 Å². The van der Waals surface area contributed by atoms with Gasteiger partial charge in [0.15, 0.2) is 0 Å². The third kappa shape index (κ3) is 2.71. The van der Waals surface area contributed by atoms with Crippen LogP contribution in [0.25, 0.3) is 0 Å². The van der Waals surface area contributed by atoms with Crippen LogP contribution in [0.15, 0.2) is 28.0 Å². The van der Waals surface area contributed by atoms with E-state index in [2.05, 4.69) is 10.3 Å². The quantitative estimate of drug-likeness (QED) is 0.776.